The van der Waals surface area contributed by atoms with Crippen molar-refractivity contribution >= 4 is 11.9 Å². The Morgan fingerprint density at radius 2 is 0.769 bits per heavy atom. The first-order chi connectivity index (χ1) is 32.0. The number of aliphatic hydroxyl groups excluding tert-OH is 2. The summed E-state index contributed by atoms with van der Waals surface area (Å²) >= 11 is 0. The Morgan fingerprint density at radius 1 is 0.431 bits per heavy atom. The fourth-order valence-corrected chi connectivity index (χ4v) is 9.02. The van der Waals surface area contributed by atoms with Crippen LogP contribution in [0.1, 0.15) is 316 Å². The van der Waals surface area contributed by atoms with E-state index < -0.39 is 12.1 Å². The van der Waals surface area contributed by atoms with Gasteiger partial charge in [-0.25, -0.2) is 0 Å². The molecule has 6 heteroatoms. The van der Waals surface area contributed by atoms with Crippen LogP contribution in [-0.2, 0) is 14.3 Å². The van der Waals surface area contributed by atoms with Crippen molar-refractivity contribution in [2.75, 3.05) is 13.2 Å². The number of hydrogen-bond acceptors (Lipinski definition) is 5. The molecule has 0 radical (unpaired) electrons. The van der Waals surface area contributed by atoms with E-state index in [0.717, 1.165) is 57.8 Å². The zero-order chi connectivity index (χ0) is 47.2. The van der Waals surface area contributed by atoms with E-state index in [9.17, 15) is 19.8 Å². The molecule has 2 atom stereocenters. The Morgan fingerprint density at radius 3 is 1.20 bits per heavy atom. The van der Waals surface area contributed by atoms with Gasteiger partial charge in [-0.3, -0.25) is 9.59 Å². The molecule has 0 rings (SSSR count). The van der Waals surface area contributed by atoms with Crippen LogP contribution < -0.4 is 5.32 Å². The molecule has 0 aromatic carbocycles. The van der Waals surface area contributed by atoms with Crippen molar-refractivity contribution in [3.8, 4) is 0 Å². The molecule has 2 unspecified atom stereocenters. The lowest BCUT2D eigenvalue weighted by atomic mass is 10.0. The van der Waals surface area contributed by atoms with Crippen molar-refractivity contribution in [2.45, 2.75) is 328 Å². The topological polar surface area (TPSA) is 95.9 Å². The van der Waals surface area contributed by atoms with Crippen LogP contribution in [0.4, 0.5) is 0 Å². The lowest BCUT2D eigenvalue weighted by Crippen LogP contribution is -2.45. The van der Waals surface area contributed by atoms with Crippen molar-refractivity contribution in [1.29, 1.82) is 0 Å². The van der Waals surface area contributed by atoms with E-state index in [2.05, 4.69) is 43.5 Å². The summed E-state index contributed by atoms with van der Waals surface area (Å²) in [5.74, 6) is -0.0452. The molecule has 3 N–H and O–H groups in total. The predicted molar refractivity (Wildman–Crippen MR) is 283 cm³/mol. The van der Waals surface area contributed by atoms with E-state index in [4.69, 9.17) is 4.74 Å². The van der Waals surface area contributed by atoms with Crippen LogP contribution in [0.3, 0.4) is 0 Å². The molecule has 384 valence electrons. The Labute approximate surface area is 405 Å². The first-order valence-corrected chi connectivity index (χ1v) is 29.1. The van der Waals surface area contributed by atoms with Crippen LogP contribution in [-0.4, -0.2) is 47.4 Å². The van der Waals surface area contributed by atoms with Gasteiger partial charge in [0.1, 0.15) is 0 Å². The SMILES string of the molecule is CCCCC/C=C\C/C=C\CCCCCCCCCCCC(=O)OCCCCCCCCCCCCCCCCCC(=O)NC(CO)C(O)CCCCCCCCCCCCCCCC. The van der Waals surface area contributed by atoms with E-state index in [1.165, 1.54) is 225 Å². The molecule has 0 aliphatic heterocycles. The lowest BCUT2D eigenvalue weighted by molar-refractivity contribution is -0.143. The summed E-state index contributed by atoms with van der Waals surface area (Å²) < 4.78 is 5.49. The molecule has 0 bridgehead atoms. The highest BCUT2D eigenvalue weighted by molar-refractivity contribution is 5.76. The maximum Gasteiger partial charge on any atom is 0.305 e. The summed E-state index contributed by atoms with van der Waals surface area (Å²) in [4.78, 5) is 24.6. The number of amides is 1. The second-order valence-corrected chi connectivity index (χ2v) is 20.0. The second-order valence-electron chi connectivity index (χ2n) is 20.0. The van der Waals surface area contributed by atoms with Gasteiger partial charge >= 0.3 is 5.97 Å². The highest BCUT2D eigenvalue weighted by Crippen LogP contribution is 2.17. The number of allylic oxidation sites excluding steroid dienone is 4. The number of rotatable bonds is 54. The van der Waals surface area contributed by atoms with Crippen molar-refractivity contribution in [1.82, 2.24) is 5.32 Å². The highest BCUT2D eigenvalue weighted by atomic mass is 16.5. The van der Waals surface area contributed by atoms with Gasteiger partial charge < -0.3 is 20.3 Å². The average molecular weight is 917 g/mol. The molecule has 1 amide bonds. The number of hydrogen-bond donors (Lipinski definition) is 3. The Hall–Kier alpha value is -1.66. The number of carbonyl (C=O) groups is 2. The summed E-state index contributed by atoms with van der Waals surface area (Å²) in [6.45, 7) is 4.92. The number of nitrogens with one attached hydrogen (secondary N) is 1. The summed E-state index contributed by atoms with van der Waals surface area (Å²) in [7, 11) is 0. The summed E-state index contributed by atoms with van der Waals surface area (Å²) in [6.07, 6.45) is 65.9. The van der Waals surface area contributed by atoms with Gasteiger partial charge in [0.2, 0.25) is 5.91 Å². The number of ether oxygens (including phenoxy) is 1. The number of aliphatic hydroxyl groups is 2. The standard InChI is InChI=1S/C59H113NO5/c1-3-5-7-9-11-13-15-17-19-20-21-22-25-29-33-37-41-45-49-53-59(64)65-54-50-46-42-38-34-30-26-23-24-28-32-36-40-44-48-52-58(63)60-56(55-61)57(62)51-47-43-39-35-31-27-18-16-14-12-10-8-6-4-2/h11,13,17,19,56-57,61-62H,3-10,12,14-16,18,20-55H2,1-2H3,(H,60,63)/b13-11-,19-17-. The van der Waals surface area contributed by atoms with Gasteiger partial charge in [0.25, 0.3) is 0 Å². The maximum atomic E-state index is 12.5. The van der Waals surface area contributed by atoms with Gasteiger partial charge in [-0.1, -0.05) is 269 Å². The third kappa shape index (κ3) is 51.6. The van der Waals surface area contributed by atoms with E-state index in [-0.39, 0.29) is 18.5 Å². The number of esters is 1. The molecular formula is C59H113NO5. The molecule has 0 aromatic heterocycles. The van der Waals surface area contributed by atoms with Gasteiger partial charge in [0.05, 0.1) is 25.4 Å². The molecule has 0 saturated heterocycles. The van der Waals surface area contributed by atoms with Crippen molar-refractivity contribution in [2.24, 2.45) is 0 Å². The quantitative estimate of drug-likeness (QED) is 0.0321. The lowest BCUT2D eigenvalue weighted by Gasteiger charge is -2.22. The van der Waals surface area contributed by atoms with E-state index in [1.54, 1.807) is 0 Å². The summed E-state index contributed by atoms with van der Waals surface area (Å²) in [5.41, 5.74) is 0. The first kappa shape index (κ1) is 63.3. The largest absolute Gasteiger partial charge is 0.466 e. The van der Waals surface area contributed by atoms with Crippen LogP contribution >= 0.6 is 0 Å². The predicted octanol–water partition coefficient (Wildman–Crippen LogP) is 17.9. The Kier molecular flexibility index (Phi) is 53.5. The number of carbonyl (C=O) groups excluding carboxylic acids is 2. The highest BCUT2D eigenvalue weighted by Gasteiger charge is 2.20. The van der Waals surface area contributed by atoms with Crippen molar-refractivity contribution < 1.29 is 24.5 Å². The van der Waals surface area contributed by atoms with E-state index in [0.29, 0.717) is 25.9 Å². The fourth-order valence-electron chi connectivity index (χ4n) is 9.02. The van der Waals surface area contributed by atoms with Gasteiger partial charge in [0.15, 0.2) is 0 Å². The average Bonchev–Trinajstić information content (AvgIpc) is 3.31. The fraction of sp³-hybridized carbons (Fsp3) is 0.898. The molecule has 6 nitrogen and oxygen atoms in total. The van der Waals surface area contributed by atoms with Gasteiger partial charge in [-0.15, -0.1) is 0 Å². The normalized spacial score (nSPS) is 12.7. The minimum Gasteiger partial charge on any atom is -0.466 e. The van der Waals surface area contributed by atoms with Crippen molar-refractivity contribution in [3.05, 3.63) is 24.3 Å². The van der Waals surface area contributed by atoms with Crippen LogP contribution in [0, 0.1) is 0 Å². The van der Waals surface area contributed by atoms with Crippen LogP contribution in [0.25, 0.3) is 0 Å². The molecule has 0 aromatic rings. The van der Waals surface area contributed by atoms with E-state index >= 15 is 0 Å². The zero-order valence-corrected chi connectivity index (χ0v) is 43.7. The van der Waals surface area contributed by atoms with Crippen molar-refractivity contribution in [3.63, 3.8) is 0 Å². The van der Waals surface area contributed by atoms with E-state index in [1.807, 2.05) is 0 Å². The third-order valence-electron chi connectivity index (χ3n) is 13.5. The van der Waals surface area contributed by atoms with Crippen LogP contribution in [0.5, 0.6) is 0 Å². The second kappa shape index (κ2) is 54.9. The molecular weight excluding hydrogens is 803 g/mol. The monoisotopic (exact) mass is 916 g/mol. The van der Waals surface area contributed by atoms with Crippen LogP contribution in [0.15, 0.2) is 24.3 Å². The first-order valence-electron chi connectivity index (χ1n) is 29.1. The smallest absolute Gasteiger partial charge is 0.305 e. The molecule has 0 aliphatic carbocycles. The van der Waals surface area contributed by atoms with Gasteiger partial charge in [-0.05, 0) is 57.8 Å². The minimum absolute atomic E-state index is 0.00272. The molecule has 0 spiro atoms. The van der Waals surface area contributed by atoms with Gasteiger partial charge in [0, 0.05) is 12.8 Å². The Bertz CT molecular complexity index is 1010. The molecule has 65 heavy (non-hydrogen) atoms. The number of unbranched alkanes of at least 4 members (excludes halogenated alkanes) is 39. The van der Waals surface area contributed by atoms with Crippen LogP contribution in [0.2, 0.25) is 0 Å². The molecule has 0 saturated carbocycles. The Balaban J connectivity index is 3.41. The minimum atomic E-state index is -0.670. The molecule has 0 heterocycles. The third-order valence-corrected chi connectivity index (χ3v) is 13.5. The molecule has 0 aliphatic rings. The molecule has 0 fully saturated rings. The van der Waals surface area contributed by atoms with Gasteiger partial charge in [-0.2, -0.15) is 0 Å². The zero-order valence-electron chi connectivity index (χ0n) is 43.7. The summed E-state index contributed by atoms with van der Waals surface area (Å²) in [6, 6.07) is -0.547. The summed E-state index contributed by atoms with van der Waals surface area (Å²) in [5, 5.41) is 23.2. The maximum absolute atomic E-state index is 12.5.